The molecule has 0 bridgehead atoms. The van der Waals surface area contributed by atoms with Gasteiger partial charge in [-0.3, -0.25) is 4.79 Å². The number of thiazole rings is 1. The standard InChI is InChI=1S/C15H17N3OS/c1-12-11-20-15(16-12)18-9-7-17(8-10-18)14(19)13-5-3-2-4-6-13/h2-6,11H,7-10H2,1H3. The second-order valence-corrected chi connectivity index (χ2v) is 5.75. The Balaban J connectivity index is 1.63. The van der Waals surface area contributed by atoms with Crippen molar-refractivity contribution in [2.24, 2.45) is 0 Å². The summed E-state index contributed by atoms with van der Waals surface area (Å²) in [4.78, 5) is 21.0. The van der Waals surface area contributed by atoms with Crippen LogP contribution in [-0.2, 0) is 0 Å². The molecule has 0 aliphatic carbocycles. The topological polar surface area (TPSA) is 36.4 Å². The number of hydrogen-bond donors (Lipinski definition) is 0. The van der Waals surface area contributed by atoms with Crippen molar-refractivity contribution in [3.8, 4) is 0 Å². The minimum absolute atomic E-state index is 0.126. The zero-order valence-electron chi connectivity index (χ0n) is 11.5. The molecule has 5 heteroatoms. The fraction of sp³-hybridized carbons (Fsp3) is 0.333. The number of hydrogen-bond acceptors (Lipinski definition) is 4. The summed E-state index contributed by atoms with van der Waals surface area (Å²) in [6.07, 6.45) is 0. The van der Waals surface area contributed by atoms with Gasteiger partial charge in [-0.25, -0.2) is 4.98 Å². The van der Waals surface area contributed by atoms with Crippen molar-refractivity contribution in [3.05, 3.63) is 47.0 Å². The van der Waals surface area contributed by atoms with Crippen LogP contribution in [0.2, 0.25) is 0 Å². The summed E-state index contributed by atoms with van der Waals surface area (Å²) in [7, 11) is 0. The Morgan fingerprint density at radius 3 is 2.45 bits per heavy atom. The molecule has 0 saturated carbocycles. The first kappa shape index (κ1) is 13.1. The van der Waals surface area contributed by atoms with Gasteiger partial charge in [-0.15, -0.1) is 11.3 Å². The highest BCUT2D eigenvalue weighted by molar-refractivity contribution is 7.13. The van der Waals surface area contributed by atoms with E-state index in [4.69, 9.17) is 0 Å². The molecule has 1 aromatic heterocycles. The van der Waals surface area contributed by atoms with Gasteiger partial charge in [0, 0.05) is 37.1 Å². The van der Waals surface area contributed by atoms with Crippen molar-refractivity contribution in [3.63, 3.8) is 0 Å². The van der Waals surface area contributed by atoms with E-state index in [1.165, 1.54) is 0 Å². The Morgan fingerprint density at radius 2 is 1.85 bits per heavy atom. The van der Waals surface area contributed by atoms with Gasteiger partial charge in [-0.05, 0) is 19.1 Å². The van der Waals surface area contributed by atoms with Crippen LogP contribution in [0.3, 0.4) is 0 Å². The molecule has 0 unspecified atom stereocenters. The van der Waals surface area contributed by atoms with Gasteiger partial charge in [0.05, 0.1) is 5.69 Å². The number of benzene rings is 1. The van der Waals surface area contributed by atoms with Gasteiger partial charge < -0.3 is 9.80 Å². The molecule has 1 amide bonds. The van der Waals surface area contributed by atoms with Crippen molar-refractivity contribution >= 4 is 22.4 Å². The molecule has 0 spiro atoms. The Kier molecular flexibility index (Phi) is 3.69. The van der Waals surface area contributed by atoms with E-state index in [9.17, 15) is 4.79 Å². The average Bonchev–Trinajstić information content (AvgIpc) is 2.94. The van der Waals surface area contributed by atoms with Gasteiger partial charge in [0.1, 0.15) is 0 Å². The molecule has 1 fully saturated rings. The molecule has 20 heavy (non-hydrogen) atoms. The van der Waals surface area contributed by atoms with Crippen molar-refractivity contribution < 1.29 is 4.79 Å². The van der Waals surface area contributed by atoms with Crippen LogP contribution in [0.15, 0.2) is 35.7 Å². The second-order valence-electron chi connectivity index (χ2n) is 4.92. The summed E-state index contributed by atoms with van der Waals surface area (Å²) in [5.74, 6) is 0.126. The summed E-state index contributed by atoms with van der Waals surface area (Å²) in [6, 6.07) is 9.49. The number of nitrogens with zero attached hydrogens (tertiary/aromatic N) is 3. The summed E-state index contributed by atoms with van der Waals surface area (Å²) in [5, 5.41) is 3.13. The van der Waals surface area contributed by atoms with Crippen molar-refractivity contribution in [2.75, 3.05) is 31.1 Å². The first-order chi connectivity index (χ1) is 9.74. The van der Waals surface area contributed by atoms with E-state index >= 15 is 0 Å². The van der Waals surface area contributed by atoms with Crippen molar-refractivity contribution in [1.29, 1.82) is 0 Å². The lowest BCUT2D eigenvalue weighted by atomic mass is 10.2. The van der Waals surface area contributed by atoms with E-state index in [2.05, 4.69) is 15.3 Å². The lowest BCUT2D eigenvalue weighted by Gasteiger charge is -2.34. The molecule has 1 aromatic carbocycles. The third-order valence-corrected chi connectivity index (χ3v) is 4.48. The minimum Gasteiger partial charge on any atom is -0.345 e. The summed E-state index contributed by atoms with van der Waals surface area (Å²) in [5.41, 5.74) is 1.83. The molecule has 0 radical (unpaired) electrons. The van der Waals surface area contributed by atoms with Crippen LogP contribution < -0.4 is 4.90 Å². The number of rotatable bonds is 2. The second kappa shape index (κ2) is 5.63. The molecule has 1 aliphatic heterocycles. The van der Waals surface area contributed by atoms with Gasteiger partial charge in [-0.2, -0.15) is 0 Å². The SMILES string of the molecule is Cc1csc(N2CCN(C(=O)c3ccccc3)CC2)n1. The maximum atomic E-state index is 12.3. The van der Waals surface area contributed by atoms with Crippen LogP contribution in [-0.4, -0.2) is 42.0 Å². The van der Waals surface area contributed by atoms with E-state index in [1.807, 2.05) is 42.2 Å². The van der Waals surface area contributed by atoms with Crippen LogP contribution in [0.1, 0.15) is 16.1 Å². The van der Waals surface area contributed by atoms with Gasteiger partial charge in [0.15, 0.2) is 5.13 Å². The molecule has 2 aromatic rings. The number of carbonyl (C=O) groups is 1. The highest BCUT2D eigenvalue weighted by Gasteiger charge is 2.23. The van der Waals surface area contributed by atoms with Gasteiger partial charge in [0.25, 0.3) is 5.91 Å². The van der Waals surface area contributed by atoms with Gasteiger partial charge in [0.2, 0.25) is 0 Å². The van der Waals surface area contributed by atoms with Crippen molar-refractivity contribution in [1.82, 2.24) is 9.88 Å². The van der Waals surface area contributed by atoms with E-state index in [-0.39, 0.29) is 5.91 Å². The number of amides is 1. The summed E-state index contributed by atoms with van der Waals surface area (Å²) in [6.45, 7) is 5.23. The number of carbonyl (C=O) groups excluding carboxylic acids is 1. The number of anilines is 1. The summed E-state index contributed by atoms with van der Waals surface area (Å²) >= 11 is 1.67. The molecular weight excluding hydrogens is 270 g/mol. The Labute approximate surface area is 122 Å². The Hall–Kier alpha value is -1.88. The van der Waals surface area contributed by atoms with Crippen LogP contribution in [0, 0.1) is 6.92 Å². The predicted molar refractivity (Wildman–Crippen MR) is 81.4 cm³/mol. The van der Waals surface area contributed by atoms with Gasteiger partial charge >= 0.3 is 0 Å². The Morgan fingerprint density at radius 1 is 1.15 bits per heavy atom. The fourth-order valence-corrected chi connectivity index (χ4v) is 3.21. The summed E-state index contributed by atoms with van der Waals surface area (Å²) < 4.78 is 0. The lowest BCUT2D eigenvalue weighted by molar-refractivity contribution is 0.0747. The first-order valence-electron chi connectivity index (χ1n) is 6.75. The monoisotopic (exact) mass is 287 g/mol. The molecule has 2 heterocycles. The van der Waals surface area contributed by atoms with E-state index in [1.54, 1.807) is 11.3 Å². The number of aromatic nitrogens is 1. The number of aryl methyl sites for hydroxylation is 1. The van der Waals surface area contributed by atoms with Crippen LogP contribution in [0.5, 0.6) is 0 Å². The third kappa shape index (κ3) is 2.67. The molecule has 104 valence electrons. The first-order valence-corrected chi connectivity index (χ1v) is 7.63. The maximum absolute atomic E-state index is 12.3. The average molecular weight is 287 g/mol. The molecule has 1 aliphatic rings. The fourth-order valence-electron chi connectivity index (χ4n) is 2.35. The molecule has 0 N–H and O–H groups in total. The Bertz CT molecular complexity index is 588. The zero-order valence-corrected chi connectivity index (χ0v) is 12.3. The van der Waals surface area contributed by atoms with E-state index in [0.717, 1.165) is 42.6 Å². The molecule has 0 atom stereocenters. The van der Waals surface area contributed by atoms with E-state index < -0.39 is 0 Å². The molecule has 1 saturated heterocycles. The molecule has 4 nitrogen and oxygen atoms in total. The minimum atomic E-state index is 0.126. The highest BCUT2D eigenvalue weighted by atomic mass is 32.1. The smallest absolute Gasteiger partial charge is 0.253 e. The van der Waals surface area contributed by atoms with Crippen LogP contribution in [0.25, 0.3) is 0 Å². The van der Waals surface area contributed by atoms with Crippen molar-refractivity contribution in [2.45, 2.75) is 6.92 Å². The van der Waals surface area contributed by atoms with Crippen LogP contribution >= 0.6 is 11.3 Å². The third-order valence-electron chi connectivity index (χ3n) is 3.47. The largest absolute Gasteiger partial charge is 0.345 e. The molecule has 3 rings (SSSR count). The maximum Gasteiger partial charge on any atom is 0.253 e. The lowest BCUT2D eigenvalue weighted by Crippen LogP contribution is -2.48. The highest BCUT2D eigenvalue weighted by Crippen LogP contribution is 2.21. The quantitative estimate of drug-likeness (QED) is 0.851. The zero-order chi connectivity index (χ0) is 13.9. The van der Waals surface area contributed by atoms with Crippen LogP contribution in [0.4, 0.5) is 5.13 Å². The van der Waals surface area contributed by atoms with Gasteiger partial charge in [-0.1, -0.05) is 18.2 Å². The molecular formula is C15H17N3OS. The van der Waals surface area contributed by atoms with E-state index in [0.29, 0.717) is 0 Å². The normalized spacial score (nSPS) is 15.4. The number of piperazine rings is 1. The predicted octanol–water partition coefficient (Wildman–Crippen LogP) is 2.41.